The zero-order valence-corrected chi connectivity index (χ0v) is 18.7. The Hall–Kier alpha value is -2.91. The van der Waals surface area contributed by atoms with E-state index in [1.807, 2.05) is 6.92 Å². The smallest absolute Gasteiger partial charge is 0.243 e. The van der Waals surface area contributed by atoms with Crippen molar-refractivity contribution < 1.29 is 22.7 Å². The molecule has 1 aliphatic heterocycles. The maximum absolute atomic E-state index is 12.8. The van der Waals surface area contributed by atoms with Crippen LogP contribution in [0.25, 0.3) is 0 Å². The van der Waals surface area contributed by atoms with Gasteiger partial charge in [0, 0.05) is 19.0 Å². The van der Waals surface area contributed by atoms with Gasteiger partial charge < -0.3 is 9.47 Å². The molecule has 31 heavy (non-hydrogen) atoms. The van der Waals surface area contributed by atoms with Crippen LogP contribution < -0.4 is 14.9 Å². The third kappa shape index (κ3) is 5.42. The van der Waals surface area contributed by atoms with E-state index in [9.17, 15) is 13.2 Å². The summed E-state index contributed by atoms with van der Waals surface area (Å²) in [6.45, 7) is 2.51. The molecule has 0 atom stereocenters. The maximum atomic E-state index is 12.8. The van der Waals surface area contributed by atoms with Gasteiger partial charge in [0.2, 0.25) is 15.9 Å². The molecule has 1 fully saturated rings. The standard InChI is InChI=1S/C22H27N3O5S/c1-16-4-7-19(8-5-16)31(27,28)25-12-10-18(11-13-25)22(26)24-23-15-17-6-9-20(29-2)21(14-17)30-3/h4-9,14-15,18H,10-13H2,1-3H3,(H,24,26)/b23-15+. The van der Waals surface area contributed by atoms with E-state index >= 15 is 0 Å². The van der Waals surface area contributed by atoms with E-state index in [1.54, 1.807) is 56.7 Å². The summed E-state index contributed by atoms with van der Waals surface area (Å²) in [6.07, 6.45) is 2.42. The Kier molecular flexibility index (Phi) is 7.29. The van der Waals surface area contributed by atoms with Crippen LogP contribution in [-0.2, 0) is 14.8 Å². The number of ether oxygens (including phenoxy) is 2. The molecule has 3 rings (SSSR count). The van der Waals surface area contributed by atoms with E-state index in [2.05, 4.69) is 10.5 Å². The number of amides is 1. The molecule has 0 spiro atoms. The van der Waals surface area contributed by atoms with Gasteiger partial charge >= 0.3 is 0 Å². The summed E-state index contributed by atoms with van der Waals surface area (Å²) in [5.74, 6) is 0.673. The first-order chi connectivity index (χ1) is 14.8. The number of aryl methyl sites for hydroxylation is 1. The lowest BCUT2D eigenvalue weighted by molar-refractivity contribution is -0.126. The molecule has 1 saturated heterocycles. The molecular formula is C22H27N3O5S. The molecule has 166 valence electrons. The average Bonchev–Trinajstić information content (AvgIpc) is 2.79. The maximum Gasteiger partial charge on any atom is 0.243 e. The third-order valence-electron chi connectivity index (χ3n) is 5.28. The van der Waals surface area contributed by atoms with Crippen LogP contribution in [0, 0.1) is 12.8 Å². The van der Waals surface area contributed by atoms with E-state index in [-0.39, 0.29) is 16.7 Å². The number of hydrazone groups is 1. The van der Waals surface area contributed by atoms with Gasteiger partial charge in [0.15, 0.2) is 11.5 Å². The summed E-state index contributed by atoms with van der Waals surface area (Å²) in [4.78, 5) is 12.7. The molecule has 9 heteroatoms. The van der Waals surface area contributed by atoms with Crippen molar-refractivity contribution in [1.82, 2.24) is 9.73 Å². The SMILES string of the molecule is COc1ccc(/C=N/NC(=O)C2CCN(S(=O)(=O)c3ccc(C)cc3)CC2)cc1OC. The number of piperidine rings is 1. The fourth-order valence-electron chi connectivity index (χ4n) is 3.41. The summed E-state index contributed by atoms with van der Waals surface area (Å²) in [7, 11) is -0.437. The summed E-state index contributed by atoms with van der Waals surface area (Å²) in [5.41, 5.74) is 4.30. The number of carbonyl (C=O) groups is 1. The molecule has 0 bridgehead atoms. The van der Waals surface area contributed by atoms with Crippen LogP contribution in [0.4, 0.5) is 0 Å². The highest BCUT2D eigenvalue weighted by atomic mass is 32.2. The Morgan fingerprint density at radius 1 is 1.06 bits per heavy atom. The van der Waals surface area contributed by atoms with Gasteiger partial charge in [-0.05, 0) is 55.7 Å². The summed E-state index contributed by atoms with van der Waals surface area (Å²) in [6, 6.07) is 12.1. The molecular weight excluding hydrogens is 418 g/mol. The van der Waals surface area contributed by atoms with Gasteiger partial charge in [-0.1, -0.05) is 17.7 Å². The number of nitrogens with zero attached hydrogens (tertiary/aromatic N) is 2. The van der Waals surface area contributed by atoms with Crippen molar-refractivity contribution in [1.29, 1.82) is 0 Å². The number of benzene rings is 2. The molecule has 0 unspecified atom stereocenters. The topological polar surface area (TPSA) is 97.3 Å². The third-order valence-corrected chi connectivity index (χ3v) is 7.19. The van der Waals surface area contributed by atoms with Crippen molar-refractivity contribution in [2.75, 3.05) is 27.3 Å². The van der Waals surface area contributed by atoms with Crippen molar-refractivity contribution in [3.8, 4) is 11.5 Å². The fourth-order valence-corrected chi connectivity index (χ4v) is 4.88. The second kappa shape index (κ2) is 9.93. The monoisotopic (exact) mass is 445 g/mol. The zero-order chi connectivity index (χ0) is 22.4. The van der Waals surface area contributed by atoms with E-state index in [0.29, 0.717) is 37.4 Å². The molecule has 1 amide bonds. The zero-order valence-electron chi connectivity index (χ0n) is 17.9. The summed E-state index contributed by atoms with van der Waals surface area (Å²) in [5, 5.41) is 4.02. The van der Waals surface area contributed by atoms with Gasteiger partial charge in [-0.3, -0.25) is 4.79 Å². The lowest BCUT2D eigenvalue weighted by atomic mass is 9.98. The van der Waals surface area contributed by atoms with Gasteiger partial charge in [0.05, 0.1) is 25.3 Å². The second-order valence-corrected chi connectivity index (χ2v) is 9.28. The number of hydrogen-bond donors (Lipinski definition) is 1. The minimum Gasteiger partial charge on any atom is -0.493 e. The molecule has 1 heterocycles. The lowest BCUT2D eigenvalue weighted by Gasteiger charge is -2.30. The van der Waals surface area contributed by atoms with Crippen LogP contribution in [0.15, 0.2) is 52.5 Å². The van der Waals surface area contributed by atoms with E-state index in [4.69, 9.17) is 9.47 Å². The molecule has 2 aromatic rings. The highest BCUT2D eigenvalue weighted by Crippen LogP contribution is 2.27. The molecule has 1 aliphatic rings. The van der Waals surface area contributed by atoms with Crippen LogP contribution in [0.3, 0.4) is 0 Å². The Morgan fingerprint density at radius 2 is 1.71 bits per heavy atom. The number of nitrogens with one attached hydrogen (secondary N) is 1. The van der Waals surface area contributed by atoms with Crippen molar-refractivity contribution >= 4 is 22.1 Å². The Morgan fingerprint density at radius 3 is 2.32 bits per heavy atom. The normalized spacial score (nSPS) is 15.7. The number of rotatable bonds is 7. The molecule has 0 saturated carbocycles. The van der Waals surface area contributed by atoms with Crippen molar-refractivity contribution in [2.24, 2.45) is 11.0 Å². The first kappa shape index (κ1) is 22.8. The second-order valence-electron chi connectivity index (χ2n) is 7.34. The van der Waals surface area contributed by atoms with Crippen molar-refractivity contribution in [3.63, 3.8) is 0 Å². The van der Waals surface area contributed by atoms with Gasteiger partial charge in [-0.2, -0.15) is 9.41 Å². The number of methoxy groups -OCH3 is 2. The van der Waals surface area contributed by atoms with Gasteiger partial charge in [-0.25, -0.2) is 13.8 Å². The molecule has 2 aromatic carbocycles. The molecule has 0 aliphatic carbocycles. The molecule has 0 radical (unpaired) electrons. The van der Waals surface area contributed by atoms with Gasteiger partial charge in [-0.15, -0.1) is 0 Å². The van der Waals surface area contributed by atoms with Crippen molar-refractivity contribution in [3.05, 3.63) is 53.6 Å². The Labute approximate surface area is 182 Å². The molecule has 1 N–H and O–H groups in total. The van der Waals surface area contributed by atoms with Crippen LogP contribution in [0.5, 0.6) is 11.5 Å². The number of carbonyl (C=O) groups excluding carboxylic acids is 1. The predicted molar refractivity (Wildman–Crippen MR) is 118 cm³/mol. The Bertz CT molecular complexity index is 1040. The minimum absolute atomic E-state index is 0.218. The van der Waals surface area contributed by atoms with E-state index in [1.165, 1.54) is 10.5 Å². The summed E-state index contributed by atoms with van der Waals surface area (Å²) >= 11 is 0. The van der Waals surface area contributed by atoms with Crippen LogP contribution >= 0.6 is 0 Å². The number of sulfonamides is 1. The van der Waals surface area contributed by atoms with Crippen LogP contribution in [0.2, 0.25) is 0 Å². The van der Waals surface area contributed by atoms with Gasteiger partial charge in [0.25, 0.3) is 0 Å². The predicted octanol–water partition coefficient (Wildman–Crippen LogP) is 2.56. The van der Waals surface area contributed by atoms with E-state index in [0.717, 1.165) is 11.1 Å². The largest absolute Gasteiger partial charge is 0.493 e. The highest BCUT2D eigenvalue weighted by Gasteiger charge is 2.32. The van der Waals surface area contributed by atoms with Crippen LogP contribution in [0.1, 0.15) is 24.0 Å². The first-order valence-corrected chi connectivity index (χ1v) is 11.4. The Balaban J connectivity index is 1.54. The summed E-state index contributed by atoms with van der Waals surface area (Å²) < 4.78 is 37.4. The minimum atomic E-state index is -3.54. The fraction of sp³-hybridized carbons (Fsp3) is 0.364. The van der Waals surface area contributed by atoms with Gasteiger partial charge in [0.1, 0.15) is 0 Å². The quantitative estimate of drug-likeness (QED) is 0.522. The molecule has 0 aromatic heterocycles. The number of hydrogen-bond acceptors (Lipinski definition) is 6. The highest BCUT2D eigenvalue weighted by molar-refractivity contribution is 7.89. The average molecular weight is 446 g/mol. The van der Waals surface area contributed by atoms with E-state index < -0.39 is 10.0 Å². The van der Waals surface area contributed by atoms with Crippen LogP contribution in [-0.4, -0.2) is 52.2 Å². The first-order valence-electron chi connectivity index (χ1n) is 9.97. The lowest BCUT2D eigenvalue weighted by Crippen LogP contribution is -2.42. The molecule has 8 nitrogen and oxygen atoms in total. The van der Waals surface area contributed by atoms with Crippen molar-refractivity contribution in [2.45, 2.75) is 24.7 Å².